The highest BCUT2D eigenvalue weighted by molar-refractivity contribution is 5.48. The number of hydrogen-bond donors (Lipinski definition) is 1. The van der Waals surface area contributed by atoms with E-state index >= 15 is 0 Å². The van der Waals surface area contributed by atoms with Crippen molar-refractivity contribution in [3.8, 4) is 5.75 Å². The van der Waals surface area contributed by atoms with Crippen molar-refractivity contribution in [1.82, 2.24) is 14.6 Å². The minimum Gasteiger partial charge on any atom is -0.496 e. The van der Waals surface area contributed by atoms with Gasteiger partial charge in [-0.2, -0.15) is 0 Å². The van der Waals surface area contributed by atoms with E-state index < -0.39 is 0 Å². The fourth-order valence-electron chi connectivity index (χ4n) is 2.20. The summed E-state index contributed by atoms with van der Waals surface area (Å²) in [5.41, 5.74) is 6.99. The van der Waals surface area contributed by atoms with Crippen molar-refractivity contribution in [3.05, 3.63) is 53.6 Å². The van der Waals surface area contributed by atoms with Crippen LogP contribution in [0.1, 0.15) is 11.4 Å². The number of hydrogen-bond acceptors (Lipinski definition) is 4. The lowest BCUT2D eigenvalue weighted by Gasteiger charge is -2.09. The van der Waals surface area contributed by atoms with Crippen LogP contribution in [-0.4, -0.2) is 21.7 Å². The Bertz CT molecular complexity index is 769. The molecule has 2 heterocycles. The fraction of sp³-hybridized carbons (Fsp3) is 0.143. The van der Waals surface area contributed by atoms with E-state index in [1.807, 2.05) is 0 Å². The lowest BCUT2D eigenvalue weighted by Crippen LogP contribution is -2.04. The minimum absolute atomic E-state index is 0.255. The molecule has 3 aromatic rings. The molecule has 0 amide bonds. The lowest BCUT2D eigenvalue weighted by molar-refractivity contribution is 0.405. The second-order valence-electron chi connectivity index (χ2n) is 4.36. The third-order valence-electron chi connectivity index (χ3n) is 3.16. The Kier molecular flexibility index (Phi) is 2.98. The van der Waals surface area contributed by atoms with E-state index in [1.165, 1.54) is 13.2 Å². The molecule has 0 saturated heterocycles. The molecule has 0 unspecified atom stereocenters. The van der Waals surface area contributed by atoms with Crippen molar-refractivity contribution in [2.75, 3.05) is 12.8 Å². The molecule has 0 radical (unpaired) electrons. The van der Waals surface area contributed by atoms with E-state index in [-0.39, 0.29) is 12.2 Å². The van der Waals surface area contributed by atoms with Gasteiger partial charge in [-0.1, -0.05) is 12.1 Å². The average Bonchev–Trinajstić information content (AvgIpc) is 2.86. The van der Waals surface area contributed by atoms with E-state index in [2.05, 4.69) is 10.2 Å². The van der Waals surface area contributed by atoms with Gasteiger partial charge in [-0.15, -0.1) is 10.2 Å². The van der Waals surface area contributed by atoms with Crippen LogP contribution in [0.4, 0.5) is 10.2 Å². The zero-order chi connectivity index (χ0) is 14.1. The molecule has 1 aromatic carbocycles. The second kappa shape index (κ2) is 4.80. The van der Waals surface area contributed by atoms with Crippen LogP contribution in [0.15, 0.2) is 36.4 Å². The maximum absolute atomic E-state index is 14.0. The van der Waals surface area contributed by atoms with Gasteiger partial charge in [-0.3, -0.25) is 4.40 Å². The molecule has 0 saturated carbocycles. The molecular weight excluding hydrogens is 259 g/mol. The molecule has 0 aliphatic heterocycles. The summed E-state index contributed by atoms with van der Waals surface area (Å²) in [7, 11) is 1.51. The summed E-state index contributed by atoms with van der Waals surface area (Å²) >= 11 is 0. The number of anilines is 1. The largest absolute Gasteiger partial charge is 0.496 e. The van der Waals surface area contributed by atoms with Gasteiger partial charge in [0, 0.05) is 12.0 Å². The summed E-state index contributed by atoms with van der Waals surface area (Å²) < 4.78 is 20.8. The van der Waals surface area contributed by atoms with Gasteiger partial charge in [0.05, 0.1) is 7.11 Å². The molecule has 0 bridgehead atoms. The maximum atomic E-state index is 14.0. The molecule has 0 fully saturated rings. The summed E-state index contributed by atoms with van der Waals surface area (Å²) in [5, 5.41) is 8.11. The smallest absolute Gasteiger partial charge is 0.162 e. The molecule has 0 aliphatic rings. The minimum atomic E-state index is -0.337. The van der Waals surface area contributed by atoms with Gasteiger partial charge in [-0.25, -0.2) is 4.39 Å². The Balaban J connectivity index is 2.11. The molecule has 0 spiro atoms. The van der Waals surface area contributed by atoms with Crippen LogP contribution in [0.3, 0.4) is 0 Å². The highest BCUT2D eigenvalue weighted by Gasteiger charge is 2.14. The Morgan fingerprint density at radius 3 is 2.80 bits per heavy atom. The Morgan fingerprint density at radius 2 is 2.00 bits per heavy atom. The number of fused-ring (bicyclic) bond motifs is 1. The summed E-state index contributed by atoms with van der Waals surface area (Å²) in [6.45, 7) is 0. The van der Waals surface area contributed by atoms with Crippen LogP contribution in [-0.2, 0) is 6.42 Å². The molecular formula is C14H13FN4O. The molecule has 0 atom stereocenters. The SMILES string of the molecule is COc1cccc(F)c1Cc1nnc2cccc(N)n12. The summed E-state index contributed by atoms with van der Waals surface area (Å²) in [6.07, 6.45) is 0.255. The van der Waals surface area contributed by atoms with Gasteiger partial charge in [0.25, 0.3) is 0 Å². The van der Waals surface area contributed by atoms with E-state index in [4.69, 9.17) is 10.5 Å². The van der Waals surface area contributed by atoms with Crippen molar-refractivity contribution >= 4 is 11.5 Å². The van der Waals surface area contributed by atoms with E-state index in [1.54, 1.807) is 34.7 Å². The van der Waals surface area contributed by atoms with Crippen LogP contribution < -0.4 is 10.5 Å². The Labute approximate surface area is 114 Å². The summed E-state index contributed by atoms with van der Waals surface area (Å²) in [4.78, 5) is 0. The highest BCUT2D eigenvalue weighted by Crippen LogP contribution is 2.24. The number of methoxy groups -OCH3 is 1. The van der Waals surface area contributed by atoms with Gasteiger partial charge in [0.2, 0.25) is 0 Å². The van der Waals surface area contributed by atoms with Crippen molar-refractivity contribution < 1.29 is 9.13 Å². The van der Waals surface area contributed by atoms with Crippen LogP contribution in [0.2, 0.25) is 0 Å². The molecule has 5 nitrogen and oxygen atoms in total. The average molecular weight is 272 g/mol. The molecule has 2 aromatic heterocycles. The highest BCUT2D eigenvalue weighted by atomic mass is 19.1. The van der Waals surface area contributed by atoms with Crippen molar-refractivity contribution in [1.29, 1.82) is 0 Å². The number of pyridine rings is 1. The first-order valence-electron chi connectivity index (χ1n) is 6.10. The first kappa shape index (κ1) is 12.4. The number of nitrogens with zero attached hydrogens (tertiary/aromatic N) is 3. The van der Waals surface area contributed by atoms with E-state index in [9.17, 15) is 4.39 Å². The first-order chi connectivity index (χ1) is 9.70. The molecule has 2 N–H and O–H groups in total. The number of benzene rings is 1. The van der Waals surface area contributed by atoms with Gasteiger partial charge in [-0.05, 0) is 24.3 Å². The number of nitrogen functional groups attached to an aromatic ring is 1. The number of ether oxygens (including phenoxy) is 1. The van der Waals surface area contributed by atoms with Gasteiger partial charge in [0.15, 0.2) is 5.65 Å². The van der Waals surface area contributed by atoms with Gasteiger partial charge in [0.1, 0.15) is 23.2 Å². The molecule has 20 heavy (non-hydrogen) atoms. The Hall–Kier alpha value is -2.63. The van der Waals surface area contributed by atoms with Crippen LogP contribution >= 0.6 is 0 Å². The van der Waals surface area contributed by atoms with Gasteiger partial charge < -0.3 is 10.5 Å². The zero-order valence-corrected chi connectivity index (χ0v) is 10.9. The topological polar surface area (TPSA) is 65.4 Å². The molecule has 0 aliphatic carbocycles. The molecule has 102 valence electrons. The molecule has 3 rings (SSSR count). The quantitative estimate of drug-likeness (QED) is 0.792. The monoisotopic (exact) mass is 272 g/mol. The van der Waals surface area contributed by atoms with Crippen LogP contribution in [0, 0.1) is 5.82 Å². The number of halogens is 1. The first-order valence-corrected chi connectivity index (χ1v) is 6.10. The lowest BCUT2D eigenvalue weighted by atomic mass is 10.1. The van der Waals surface area contributed by atoms with Crippen molar-refractivity contribution in [3.63, 3.8) is 0 Å². The van der Waals surface area contributed by atoms with Crippen molar-refractivity contribution in [2.24, 2.45) is 0 Å². The summed E-state index contributed by atoms with van der Waals surface area (Å²) in [5.74, 6) is 1.23. The maximum Gasteiger partial charge on any atom is 0.162 e. The number of aromatic nitrogens is 3. The predicted molar refractivity (Wildman–Crippen MR) is 73.2 cm³/mol. The normalized spacial score (nSPS) is 10.9. The third kappa shape index (κ3) is 1.95. The number of rotatable bonds is 3. The van der Waals surface area contributed by atoms with Crippen LogP contribution in [0.5, 0.6) is 5.75 Å². The van der Waals surface area contributed by atoms with Gasteiger partial charge >= 0.3 is 0 Å². The van der Waals surface area contributed by atoms with Crippen molar-refractivity contribution in [2.45, 2.75) is 6.42 Å². The molecule has 6 heteroatoms. The van der Waals surface area contributed by atoms with E-state index in [0.29, 0.717) is 28.6 Å². The predicted octanol–water partition coefficient (Wildman–Crippen LogP) is 2.05. The third-order valence-corrected chi connectivity index (χ3v) is 3.16. The number of nitrogens with two attached hydrogens (primary N) is 1. The zero-order valence-electron chi connectivity index (χ0n) is 10.9. The second-order valence-corrected chi connectivity index (χ2v) is 4.36. The van der Waals surface area contributed by atoms with E-state index in [0.717, 1.165) is 0 Å². The Morgan fingerprint density at radius 1 is 1.20 bits per heavy atom. The standard InChI is InChI=1S/C14H13FN4O/c1-20-11-5-2-4-10(15)9(11)8-14-18-17-13-7-3-6-12(16)19(13)14/h2-7H,8,16H2,1H3. The van der Waals surface area contributed by atoms with Crippen LogP contribution in [0.25, 0.3) is 5.65 Å². The summed E-state index contributed by atoms with van der Waals surface area (Å²) in [6, 6.07) is 10.1. The fourth-order valence-corrected chi connectivity index (χ4v) is 2.20.